The molecule has 1 spiro atoms. The lowest BCUT2D eigenvalue weighted by atomic mass is 9.67. The highest BCUT2D eigenvalue weighted by molar-refractivity contribution is 7.99. The number of rotatable bonds is 5. The van der Waals surface area contributed by atoms with Gasteiger partial charge in [0.1, 0.15) is 0 Å². The van der Waals surface area contributed by atoms with Gasteiger partial charge in [0.05, 0.1) is 10.9 Å². The Hall–Kier alpha value is -7.47. The minimum absolute atomic E-state index is 0.599. The van der Waals surface area contributed by atoms with Gasteiger partial charge in [0.2, 0.25) is 0 Å². The van der Waals surface area contributed by atoms with Crippen molar-refractivity contribution < 1.29 is 0 Å². The Morgan fingerprint density at radius 2 is 0.800 bits per heavy atom. The van der Waals surface area contributed by atoms with E-state index in [4.69, 9.17) is 19.9 Å². The first-order valence-corrected chi connectivity index (χ1v) is 21.0. The Bertz CT molecular complexity index is 3240. The first-order valence-electron chi connectivity index (χ1n) is 20.2. The number of hydrogen-bond acceptors (Lipinski definition) is 5. The van der Waals surface area contributed by atoms with Gasteiger partial charge >= 0.3 is 0 Å². The van der Waals surface area contributed by atoms with Gasteiger partial charge in [0, 0.05) is 43.6 Å². The molecule has 280 valence electrons. The number of benzene rings is 8. The summed E-state index contributed by atoms with van der Waals surface area (Å²) >= 11 is 1.85. The third-order valence-electron chi connectivity index (χ3n) is 12.1. The van der Waals surface area contributed by atoms with E-state index in [2.05, 4.69) is 170 Å². The molecule has 60 heavy (non-hydrogen) atoms. The Labute approximate surface area is 352 Å². The second kappa shape index (κ2) is 13.8. The van der Waals surface area contributed by atoms with Crippen LogP contribution in [-0.2, 0) is 5.41 Å². The summed E-state index contributed by atoms with van der Waals surface area (Å²) in [5.41, 5.74) is 15.0. The molecular formula is C55H34N4S. The second-order valence-electron chi connectivity index (χ2n) is 15.3. The van der Waals surface area contributed by atoms with Crippen LogP contribution in [0.1, 0.15) is 22.3 Å². The number of hydrogen-bond donors (Lipinski definition) is 0. The van der Waals surface area contributed by atoms with E-state index >= 15 is 0 Å². The van der Waals surface area contributed by atoms with E-state index in [1.54, 1.807) is 0 Å². The van der Waals surface area contributed by atoms with E-state index in [-0.39, 0.29) is 0 Å². The number of aromatic nitrogens is 4. The number of para-hydroxylation sites is 1. The van der Waals surface area contributed by atoms with Crippen molar-refractivity contribution in [2.75, 3.05) is 0 Å². The summed E-state index contributed by atoms with van der Waals surface area (Å²) in [4.78, 5) is 23.4. The quantitative estimate of drug-likeness (QED) is 0.174. The molecule has 4 nitrogen and oxygen atoms in total. The van der Waals surface area contributed by atoms with Gasteiger partial charge in [0.25, 0.3) is 0 Å². The summed E-state index contributed by atoms with van der Waals surface area (Å²) in [6, 6.07) is 71.3. The molecule has 3 heterocycles. The molecule has 1 aliphatic heterocycles. The van der Waals surface area contributed by atoms with Crippen LogP contribution < -0.4 is 0 Å². The lowest BCUT2D eigenvalue weighted by Gasteiger charge is -2.39. The summed E-state index contributed by atoms with van der Waals surface area (Å²) in [7, 11) is 0. The van der Waals surface area contributed by atoms with E-state index in [1.165, 1.54) is 43.2 Å². The molecule has 0 atom stereocenters. The summed E-state index contributed by atoms with van der Waals surface area (Å²) < 4.78 is 0. The van der Waals surface area contributed by atoms with Crippen LogP contribution in [0.2, 0.25) is 0 Å². The van der Waals surface area contributed by atoms with Crippen LogP contribution in [0.5, 0.6) is 0 Å². The smallest absolute Gasteiger partial charge is 0.164 e. The highest BCUT2D eigenvalue weighted by Crippen LogP contribution is 2.64. The van der Waals surface area contributed by atoms with Crippen molar-refractivity contribution in [2.24, 2.45) is 0 Å². The van der Waals surface area contributed by atoms with E-state index in [0.29, 0.717) is 17.5 Å². The Balaban J connectivity index is 1.17. The molecule has 2 aliphatic rings. The molecule has 0 saturated carbocycles. The molecule has 0 radical (unpaired) electrons. The van der Waals surface area contributed by atoms with Gasteiger partial charge in [-0.05, 0) is 68.3 Å². The molecule has 8 aromatic carbocycles. The topological polar surface area (TPSA) is 51.6 Å². The Kier molecular flexibility index (Phi) is 7.97. The Morgan fingerprint density at radius 3 is 1.48 bits per heavy atom. The number of fused-ring (bicyclic) bond motifs is 10. The summed E-state index contributed by atoms with van der Waals surface area (Å²) in [6.07, 6.45) is 1.89. The van der Waals surface area contributed by atoms with Crippen molar-refractivity contribution in [1.29, 1.82) is 0 Å². The molecule has 5 heteroatoms. The molecule has 0 N–H and O–H groups in total. The van der Waals surface area contributed by atoms with Crippen LogP contribution in [0.3, 0.4) is 0 Å². The van der Waals surface area contributed by atoms with Crippen LogP contribution in [0.15, 0.2) is 216 Å². The van der Waals surface area contributed by atoms with Crippen LogP contribution in [-0.4, -0.2) is 19.9 Å². The van der Waals surface area contributed by atoms with Crippen molar-refractivity contribution in [1.82, 2.24) is 19.9 Å². The normalized spacial score (nSPS) is 13.1. The van der Waals surface area contributed by atoms with Crippen molar-refractivity contribution in [3.63, 3.8) is 0 Å². The third-order valence-corrected chi connectivity index (χ3v) is 13.2. The molecule has 0 unspecified atom stereocenters. The zero-order valence-corrected chi connectivity index (χ0v) is 33.1. The largest absolute Gasteiger partial charge is 0.256 e. The lowest BCUT2D eigenvalue weighted by molar-refractivity contribution is 0.722. The minimum atomic E-state index is -0.599. The molecule has 0 bridgehead atoms. The van der Waals surface area contributed by atoms with Crippen molar-refractivity contribution >= 4 is 22.7 Å². The fraction of sp³-hybridized carbons (Fsp3) is 0.0182. The van der Waals surface area contributed by atoms with Crippen molar-refractivity contribution in [3.05, 3.63) is 229 Å². The maximum atomic E-state index is 5.39. The maximum absolute atomic E-state index is 5.39. The zero-order valence-electron chi connectivity index (χ0n) is 32.3. The highest BCUT2D eigenvalue weighted by atomic mass is 32.2. The fourth-order valence-electron chi connectivity index (χ4n) is 9.50. The lowest BCUT2D eigenvalue weighted by Crippen LogP contribution is -2.31. The molecule has 0 amide bonds. The molecule has 1 aliphatic carbocycles. The minimum Gasteiger partial charge on any atom is -0.256 e. The first kappa shape index (κ1) is 34.6. The van der Waals surface area contributed by atoms with E-state index in [0.717, 1.165) is 49.8 Å². The zero-order chi connectivity index (χ0) is 39.6. The van der Waals surface area contributed by atoms with Gasteiger partial charge in [-0.2, -0.15) is 0 Å². The summed E-state index contributed by atoms with van der Waals surface area (Å²) in [5, 5.41) is 1.10. The van der Waals surface area contributed by atoms with E-state index < -0.39 is 5.41 Å². The van der Waals surface area contributed by atoms with E-state index in [9.17, 15) is 0 Å². The van der Waals surface area contributed by atoms with Gasteiger partial charge in [-0.25, -0.2) is 15.0 Å². The monoisotopic (exact) mass is 782 g/mol. The maximum Gasteiger partial charge on any atom is 0.164 e. The standard InChI is InChI=1S/C55H34N4S/c1-3-15-35(16-4-1)36-30-32-39(33-31-36)53-57-52(38-17-5-2-6-18-38)58-54(59-53)42-23-13-27-46-50(42)49-40(41-22-11-19-37-20-14-34-56-51(37)41)21-12-26-45(49)55(46)43-24-7-9-28-47(43)60-48-29-10-8-25-44(48)55/h1-34H. The molecule has 0 saturated heterocycles. The fourth-order valence-corrected chi connectivity index (χ4v) is 10.7. The van der Waals surface area contributed by atoms with Gasteiger partial charge in [0.15, 0.2) is 17.5 Å². The van der Waals surface area contributed by atoms with E-state index in [1.807, 2.05) is 48.3 Å². The van der Waals surface area contributed by atoms with Crippen LogP contribution in [0.4, 0.5) is 0 Å². The van der Waals surface area contributed by atoms with Gasteiger partial charge in [-0.3, -0.25) is 4.98 Å². The Morgan fingerprint density at radius 1 is 0.333 bits per heavy atom. The molecule has 0 fully saturated rings. The molecule has 2 aromatic heterocycles. The van der Waals surface area contributed by atoms with Crippen molar-refractivity contribution in [2.45, 2.75) is 15.2 Å². The predicted octanol–water partition coefficient (Wildman–Crippen LogP) is 13.6. The van der Waals surface area contributed by atoms with Crippen LogP contribution >= 0.6 is 11.8 Å². The van der Waals surface area contributed by atoms with Gasteiger partial charge in [-0.15, -0.1) is 0 Å². The van der Waals surface area contributed by atoms with Crippen LogP contribution in [0, 0.1) is 0 Å². The molecule has 10 aromatic rings. The predicted molar refractivity (Wildman–Crippen MR) is 244 cm³/mol. The first-order chi connectivity index (χ1) is 29.8. The van der Waals surface area contributed by atoms with Crippen molar-refractivity contribution in [3.8, 4) is 67.5 Å². The third kappa shape index (κ3) is 5.26. The SMILES string of the molecule is c1ccc(-c2ccc(-c3nc(-c4ccccc4)nc(-c4cccc5c4-c4c(-c6cccc7cccnc67)cccc4C54c5ccccc5Sc5ccccc54)n3)cc2)cc1. The molecule has 12 rings (SSSR count). The highest BCUT2D eigenvalue weighted by Gasteiger charge is 2.51. The van der Waals surface area contributed by atoms with Gasteiger partial charge in [-0.1, -0.05) is 194 Å². The summed E-state index contributed by atoms with van der Waals surface area (Å²) in [6.45, 7) is 0. The van der Waals surface area contributed by atoms with Crippen LogP contribution in [0.25, 0.3) is 78.4 Å². The van der Waals surface area contributed by atoms with Gasteiger partial charge < -0.3 is 0 Å². The second-order valence-corrected chi connectivity index (χ2v) is 16.4. The average molecular weight is 783 g/mol. The molecular weight excluding hydrogens is 749 g/mol. The average Bonchev–Trinajstić information content (AvgIpc) is 3.63. The summed E-state index contributed by atoms with van der Waals surface area (Å²) in [5.74, 6) is 1.88. The number of pyridine rings is 1. The number of nitrogens with zero attached hydrogens (tertiary/aromatic N) is 4.